The van der Waals surface area contributed by atoms with Crippen molar-refractivity contribution >= 4 is 11.7 Å². The quantitative estimate of drug-likeness (QED) is 0.646. The van der Waals surface area contributed by atoms with Crippen LogP contribution in [0.1, 0.15) is 0 Å². The summed E-state index contributed by atoms with van der Waals surface area (Å²) in [5.74, 6) is -0.367. The van der Waals surface area contributed by atoms with Gasteiger partial charge in [0, 0.05) is 0 Å². The summed E-state index contributed by atoms with van der Waals surface area (Å²) in [6.07, 6.45) is 0. The lowest BCUT2D eigenvalue weighted by atomic mass is 10.3. The largest absolute Gasteiger partial charge is 0.350 e. The second-order valence-corrected chi connectivity index (χ2v) is 1.93. The number of urea groups is 1. The van der Waals surface area contributed by atoms with E-state index in [0.717, 1.165) is 0 Å². The summed E-state index contributed by atoms with van der Waals surface area (Å²) in [4.78, 5) is 10.2. The van der Waals surface area contributed by atoms with Crippen LogP contribution in [0.25, 0.3) is 0 Å². The highest BCUT2D eigenvalue weighted by Crippen LogP contribution is 2.07. The fourth-order valence-electron chi connectivity index (χ4n) is 0.643. The van der Waals surface area contributed by atoms with Gasteiger partial charge in [-0.1, -0.05) is 0 Å². The zero-order chi connectivity index (χ0) is 8.27. The molecule has 2 N–H and O–H groups in total. The van der Waals surface area contributed by atoms with Crippen molar-refractivity contribution in [2.24, 2.45) is 5.73 Å². The van der Waals surface area contributed by atoms with Crippen molar-refractivity contribution in [2.75, 3.05) is 0 Å². The zero-order valence-electron chi connectivity index (χ0n) is 5.62. The van der Waals surface area contributed by atoms with Crippen molar-refractivity contribution in [3.05, 3.63) is 30.1 Å². The van der Waals surface area contributed by atoms with Crippen LogP contribution in [-0.2, 0) is 0 Å². The monoisotopic (exact) mass is 153 g/mol. The van der Waals surface area contributed by atoms with Crippen molar-refractivity contribution in [3.8, 4) is 0 Å². The van der Waals surface area contributed by atoms with Crippen molar-refractivity contribution in [1.82, 2.24) is 5.32 Å². The molecule has 1 radical (unpaired) electrons. The third-order valence-corrected chi connectivity index (χ3v) is 1.07. The average molecular weight is 153 g/mol. The number of primary amides is 1. The first-order valence-corrected chi connectivity index (χ1v) is 2.95. The summed E-state index contributed by atoms with van der Waals surface area (Å²) in [7, 11) is 0. The van der Waals surface area contributed by atoms with Gasteiger partial charge in [0.2, 0.25) is 0 Å². The molecule has 0 unspecified atom stereocenters. The number of benzene rings is 1. The summed E-state index contributed by atoms with van der Waals surface area (Å²) >= 11 is 0. The van der Waals surface area contributed by atoms with Crippen LogP contribution in [0.15, 0.2) is 24.3 Å². The van der Waals surface area contributed by atoms with Crippen molar-refractivity contribution < 1.29 is 9.18 Å². The molecule has 0 saturated heterocycles. The molecule has 1 aromatic rings. The van der Waals surface area contributed by atoms with Gasteiger partial charge in [-0.2, -0.15) is 5.32 Å². The van der Waals surface area contributed by atoms with Gasteiger partial charge < -0.3 is 5.73 Å². The van der Waals surface area contributed by atoms with Crippen LogP contribution in [0.3, 0.4) is 0 Å². The molecule has 0 fully saturated rings. The normalized spacial score (nSPS) is 9.18. The Hall–Kier alpha value is -1.58. The Labute approximate surface area is 63.0 Å². The highest BCUT2D eigenvalue weighted by atomic mass is 19.1. The lowest BCUT2D eigenvalue weighted by molar-refractivity contribution is 0.252. The van der Waals surface area contributed by atoms with E-state index in [1.807, 2.05) is 0 Å². The molecule has 0 aliphatic rings. The van der Waals surface area contributed by atoms with Crippen LogP contribution < -0.4 is 11.1 Å². The summed E-state index contributed by atoms with van der Waals surface area (Å²) in [5.41, 5.74) is 5.12. The topological polar surface area (TPSA) is 57.2 Å². The molecule has 0 heterocycles. The third kappa shape index (κ3) is 2.25. The number of carbonyl (C=O) groups excluding carboxylic acids is 1. The van der Waals surface area contributed by atoms with Gasteiger partial charge in [0.05, 0.1) is 5.69 Å². The minimum absolute atomic E-state index is 0.360. The number of carbonyl (C=O) groups is 1. The Morgan fingerprint density at radius 1 is 1.36 bits per heavy atom. The van der Waals surface area contributed by atoms with Crippen molar-refractivity contribution in [1.29, 1.82) is 0 Å². The molecule has 0 bridgehead atoms. The highest BCUT2D eigenvalue weighted by molar-refractivity contribution is 5.76. The van der Waals surface area contributed by atoms with E-state index in [-0.39, 0.29) is 5.82 Å². The maximum Gasteiger partial charge on any atom is 0.338 e. The van der Waals surface area contributed by atoms with E-state index in [9.17, 15) is 9.18 Å². The fraction of sp³-hybridized carbons (Fsp3) is 0. The number of rotatable bonds is 1. The molecule has 0 aliphatic heterocycles. The molecule has 0 aromatic heterocycles. The summed E-state index contributed by atoms with van der Waals surface area (Å²) in [6, 6.07) is 4.39. The zero-order valence-corrected chi connectivity index (χ0v) is 5.62. The molecular weight excluding hydrogens is 147 g/mol. The second-order valence-electron chi connectivity index (χ2n) is 1.93. The SMILES string of the molecule is NC(=O)[N]c1ccc(F)cc1. The molecule has 11 heavy (non-hydrogen) atoms. The van der Waals surface area contributed by atoms with Gasteiger partial charge in [0.1, 0.15) is 5.82 Å². The smallest absolute Gasteiger partial charge is 0.338 e. The van der Waals surface area contributed by atoms with E-state index < -0.39 is 6.03 Å². The third-order valence-electron chi connectivity index (χ3n) is 1.07. The number of hydrogen-bond acceptors (Lipinski definition) is 1. The van der Waals surface area contributed by atoms with Crippen LogP contribution in [0.2, 0.25) is 0 Å². The van der Waals surface area contributed by atoms with E-state index in [1.54, 1.807) is 0 Å². The van der Waals surface area contributed by atoms with Crippen molar-refractivity contribution in [2.45, 2.75) is 0 Å². The first kappa shape index (κ1) is 7.53. The summed E-state index contributed by atoms with van der Waals surface area (Å²) in [5, 5.41) is 3.37. The minimum Gasteiger partial charge on any atom is -0.350 e. The maximum absolute atomic E-state index is 12.3. The molecule has 4 heteroatoms. The number of nitrogens with two attached hydrogens (primary N) is 1. The predicted molar refractivity (Wildman–Crippen MR) is 37.8 cm³/mol. The van der Waals surface area contributed by atoms with Crippen LogP contribution in [-0.4, -0.2) is 6.03 Å². The molecule has 2 amide bonds. The number of nitrogens with zero attached hydrogens (tertiary/aromatic N) is 1. The van der Waals surface area contributed by atoms with Gasteiger partial charge in [0.25, 0.3) is 0 Å². The van der Waals surface area contributed by atoms with Crippen LogP contribution in [0.4, 0.5) is 14.9 Å². The lowest BCUT2D eigenvalue weighted by Crippen LogP contribution is -2.18. The second kappa shape index (κ2) is 3.01. The van der Waals surface area contributed by atoms with E-state index in [2.05, 4.69) is 5.32 Å². The molecular formula is C7H6FN2O. The lowest BCUT2D eigenvalue weighted by Gasteiger charge is -1.95. The van der Waals surface area contributed by atoms with Crippen LogP contribution in [0.5, 0.6) is 0 Å². The Morgan fingerprint density at radius 2 is 1.91 bits per heavy atom. The Balaban J connectivity index is 2.74. The van der Waals surface area contributed by atoms with Crippen molar-refractivity contribution in [3.63, 3.8) is 0 Å². The van der Waals surface area contributed by atoms with Crippen LogP contribution >= 0.6 is 0 Å². The van der Waals surface area contributed by atoms with Gasteiger partial charge in [-0.25, -0.2) is 9.18 Å². The first-order valence-electron chi connectivity index (χ1n) is 2.95. The van der Waals surface area contributed by atoms with Crippen LogP contribution in [0, 0.1) is 5.82 Å². The standard InChI is InChI=1S/C7H6FN2O/c8-5-1-3-6(4-2-5)10-7(9)11/h1-4H,(H2,9,11). The van der Waals surface area contributed by atoms with E-state index in [4.69, 9.17) is 5.73 Å². The number of hydrogen-bond donors (Lipinski definition) is 1. The van der Waals surface area contributed by atoms with Gasteiger partial charge in [-0.15, -0.1) is 0 Å². The van der Waals surface area contributed by atoms with E-state index in [1.165, 1.54) is 24.3 Å². The van der Waals surface area contributed by atoms with E-state index in [0.29, 0.717) is 5.69 Å². The highest BCUT2D eigenvalue weighted by Gasteiger charge is 1.97. The molecule has 1 aromatic carbocycles. The average Bonchev–Trinajstić information content (AvgIpc) is 1.93. The first-order chi connectivity index (χ1) is 5.18. The fourth-order valence-corrected chi connectivity index (χ4v) is 0.643. The van der Waals surface area contributed by atoms with E-state index >= 15 is 0 Å². The Bertz CT molecular complexity index is 258. The van der Waals surface area contributed by atoms with Gasteiger partial charge in [-0.05, 0) is 24.3 Å². The molecule has 0 atom stereocenters. The minimum atomic E-state index is -0.781. The molecule has 0 spiro atoms. The van der Waals surface area contributed by atoms with Gasteiger partial charge in [0.15, 0.2) is 0 Å². The molecule has 0 saturated carbocycles. The number of amides is 2. The van der Waals surface area contributed by atoms with Gasteiger partial charge in [-0.3, -0.25) is 0 Å². The van der Waals surface area contributed by atoms with Gasteiger partial charge >= 0.3 is 6.03 Å². The summed E-state index contributed by atoms with van der Waals surface area (Å²) < 4.78 is 12.3. The predicted octanol–water partition coefficient (Wildman–Crippen LogP) is 1.14. The molecule has 0 aliphatic carbocycles. The molecule has 1 rings (SSSR count). The Morgan fingerprint density at radius 3 is 2.36 bits per heavy atom. The molecule has 57 valence electrons. The Kier molecular flexibility index (Phi) is 2.06. The summed E-state index contributed by atoms with van der Waals surface area (Å²) in [6.45, 7) is 0. The maximum atomic E-state index is 12.3. The number of halogens is 1. The molecule has 3 nitrogen and oxygen atoms in total.